The maximum absolute atomic E-state index is 14.8. The maximum Gasteiger partial charge on any atom is 0.416 e. The molecule has 0 radical (unpaired) electrons. The summed E-state index contributed by atoms with van der Waals surface area (Å²) in [6, 6.07) is 14.2. The van der Waals surface area contributed by atoms with Gasteiger partial charge in [-0.15, -0.1) is 0 Å². The van der Waals surface area contributed by atoms with Crippen LogP contribution < -0.4 is 0 Å². The van der Waals surface area contributed by atoms with Crippen molar-refractivity contribution in [2.45, 2.75) is 32.4 Å². The molecule has 4 heteroatoms. The van der Waals surface area contributed by atoms with Crippen LogP contribution in [0.15, 0.2) is 54.6 Å². The summed E-state index contributed by atoms with van der Waals surface area (Å²) in [7, 11) is 0. The van der Waals surface area contributed by atoms with Crippen molar-refractivity contribution in [1.29, 1.82) is 0 Å². The molecule has 0 aromatic heterocycles. The molecule has 0 heterocycles. The molecule has 0 N–H and O–H groups in total. The molecule has 0 nitrogen and oxygen atoms in total. The molecule has 27 heavy (non-hydrogen) atoms. The van der Waals surface area contributed by atoms with Crippen LogP contribution >= 0.6 is 0 Å². The molecule has 0 bridgehead atoms. The summed E-state index contributed by atoms with van der Waals surface area (Å²) in [5.74, 6) is -0.416. The standard InChI is InChI=1S/C23H18F4/c1-2-14-3-10-19-16(11-14)4-5-17-12-21(22(24)13-20(17)19)15-6-8-18(9-7-15)23(25,26)27/h3,6-13H,2,4-5H2,1H3. The number of hydrogen-bond donors (Lipinski definition) is 0. The average molecular weight is 370 g/mol. The second-order valence-corrected chi connectivity index (χ2v) is 6.91. The molecule has 0 unspecified atom stereocenters. The Balaban J connectivity index is 1.76. The molecule has 3 aromatic rings. The highest BCUT2D eigenvalue weighted by Gasteiger charge is 2.30. The van der Waals surface area contributed by atoms with Crippen molar-refractivity contribution in [2.24, 2.45) is 0 Å². The second-order valence-electron chi connectivity index (χ2n) is 6.91. The van der Waals surface area contributed by atoms with E-state index in [4.69, 9.17) is 0 Å². The van der Waals surface area contributed by atoms with Gasteiger partial charge in [0.25, 0.3) is 0 Å². The Morgan fingerprint density at radius 1 is 0.778 bits per heavy atom. The molecule has 4 rings (SSSR count). The molecule has 0 amide bonds. The number of aryl methyl sites for hydroxylation is 3. The highest BCUT2D eigenvalue weighted by Crippen LogP contribution is 2.38. The number of fused-ring (bicyclic) bond motifs is 3. The highest BCUT2D eigenvalue weighted by molar-refractivity contribution is 5.78. The SMILES string of the molecule is CCc1ccc2c(c1)CCc1cc(-c3ccc(C(F)(F)F)cc3)c(F)cc1-2. The summed E-state index contributed by atoms with van der Waals surface area (Å²) in [6.07, 6.45) is -1.76. The van der Waals surface area contributed by atoms with Gasteiger partial charge in [0.05, 0.1) is 5.56 Å². The normalized spacial score (nSPS) is 13.2. The van der Waals surface area contributed by atoms with Crippen LogP contribution in [0.4, 0.5) is 17.6 Å². The van der Waals surface area contributed by atoms with Crippen LogP contribution in [0.3, 0.4) is 0 Å². The molecule has 0 saturated carbocycles. The van der Waals surface area contributed by atoms with Gasteiger partial charge >= 0.3 is 6.18 Å². The predicted molar refractivity (Wildman–Crippen MR) is 99.1 cm³/mol. The molecule has 138 valence electrons. The fourth-order valence-electron chi connectivity index (χ4n) is 3.74. The first-order valence-corrected chi connectivity index (χ1v) is 8.99. The topological polar surface area (TPSA) is 0 Å². The number of benzene rings is 3. The van der Waals surface area contributed by atoms with Crippen LogP contribution in [0.1, 0.15) is 29.2 Å². The Kier molecular flexibility index (Phi) is 4.29. The van der Waals surface area contributed by atoms with E-state index in [1.54, 1.807) is 6.07 Å². The number of rotatable bonds is 2. The van der Waals surface area contributed by atoms with Crippen LogP contribution in [0.5, 0.6) is 0 Å². The fraction of sp³-hybridized carbons (Fsp3) is 0.217. The first-order chi connectivity index (χ1) is 12.9. The van der Waals surface area contributed by atoms with E-state index < -0.39 is 17.6 Å². The van der Waals surface area contributed by atoms with Crippen molar-refractivity contribution in [3.63, 3.8) is 0 Å². The lowest BCUT2D eigenvalue weighted by Gasteiger charge is -2.22. The Labute approximate surface area is 155 Å². The third-order valence-corrected chi connectivity index (χ3v) is 5.25. The summed E-state index contributed by atoms with van der Waals surface area (Å²) in [6.45, 7) is 2.11. The van der Waals surface area contributed by atoms with E-state index in [1.807, 2.05) is 6.07 Å². The van der Waals surface area contributed by atoms with Crippen molar-refractivity contribution in [3.05, 3.63) is 82.7 Å². The minimum absolute atomic E-state index is 0.344. The van der Waals surface area contributed by atoms with Crippen molar-refractivity contribution < 1.29 is 17.6 Å². The Bertz CT molecular complexity index is 998. The number of alkyl halides is 3. The van der Waals surface area contributed by atoms with E-state index >= 15 is 0 Å². The zero-order valence-electron chi connectivity index (χ0n) is 14.8. The maximum atomic E-state index is 14.8. The Hall–Kier alpha value is -2.62. The van der Waals surface area contributed by atoms with Crippen molar-refractivity contribution >= 4 is 0 Å². The van der Waals surface area contributed by atoms with Gasteiger partial charge < -0.3 is 0 Å². The minimum atomic E-state index is -4.39. The molecule has 0 aliphatic heterocycles. The van der Waals surface area contributed by atoms with Crippen molar-refractivity contribution in [2.75, 3.05) is 0 Å². The van der Waals surface area contributed by atoms with E-state index in [2.05, 4.69) is 19.1 Å². The first-order valence-electron chi connectivity index (χ1n) is 8.99. The first kappa shape index (κ1) is 17.8. The van der Waals surface area contributed by atoms with E-state index in [0.29, 0.717) is 11.1 Å². The molecular formula is C23H18F4. The van der Waals surface area contributed by atoms with Gasteiger partial charge in [0.1, 0.15) is 5.82 Å². The lowest BCUT2D eigenvalue weighted by molar-refractivity contribution is -0.137. The van der Waals surface area contributed by atoms with E-state index in [0.717, 1.165) is 48.1 Å². The zero-order valence-corrected chi connectivity index (χ0v) is 14.8. The van der Waals surface area contributed by atoms with Gasteiger partial charge in [0.15, 0.2) is 0 Å². The van der Waals surface area contributed by atoms with Gasteiger partial charge in [-0.3, -0.25) is 0 Å². The van der Waals surface area contributed by atoms with Crippen LogP contribution in [0, 0.1) is 5.82 Å². The molecule has 0 fully saturated rings. The largest absolute Gasteiger partial charge is 0.416 e. The van der Waals surface area contributed by atoms with Crippen LogP contribution in [0.2, 0.25) is 0 Å². The monoisotopic (exact) mass is 370 g/mol. The van der Waals surface area contributed by atoms with Crippen molar-refractivity contribution in [1.82, 2.24) is 0 Å². The van der Waals surface area contributed by atoms with Crippen LogP contribution in [-0.2, 0) is 25.4 Å². The molecule has 0 spiro atoms. The highest BCUT2D eigenvalue weighted by atomic mass is 19.4. The summed E-state index contributed by atoms with van der Waals surface area (Å²) in [5, 5.41) is 0. The zero-order chi connectivity index (χ0) is 19.2. The van der Waals surface area contributed by atoms with E-state index in [9.17, 15) is 17.6 Å². The molecule has 0 atom stereocenters. The van der Waals surface area contributed by atoms with Gasteiger partial charge in [-0.2, -0.15) is 13.2 Å². The molecule has 3 aromatic carbocycles. The average Bonchev–Trinajstić information content (AvgIpc) is 2.66. The Morgan fingerprint density at radius 2 is 1.44 bits per heavy atom. The predicted octanol–water partition coefficient (Wildman–Crippen LogP) is 6.84. The second kappa shape index (κ2) is 6.52. The fourth-order valence-corrected chi connectivity index (χ4v) is 3.74. The van der Waals surface area contributed by atoms with Crippen LogP contribution in [-0.4, -0.2) is 0 Å². The van der Waals surface area contributed by atoms with Gasteiger partial charge in [0, 0.05) is 5.56 Å². The van der Waals surface area contributed by atoms with Gasteiger partial charge in [-0.05, 0) is 76.9 Å². The van der Waals surface area contributed by atoms with Crippen LogP contribution in [0.25, 0.3) is 22.3 Å². The molecular weight excluding hydrogens is 352 g/mol. The summed E-state index contributed by atoms with van der Waals surface area (Å²) in [5.41, 5.74) is 5.51. The summed E-state index contributed by atoms with van der Waals surface area (Å²) >= 11 is 0. The summed E-state index contributed by atoms with van der Waals surface area (Å²) < 4.78 is 53.1. The Morgan fingerprint density at radius 3 is 2.07 bits per heavy atom. The third-order valence-electron chi connectivity index (χ3n) is 5.25. The van der Waals surface area contributed by atoms with E-state index in [-0.39, 0.29) is 0 Å². The number of hydrogen-bond acceptors (Lipinski definition) is 0. The third kappa shape index (κ3) is 3.25. The minimum Gasteiger partial charge on any atom is -0.206 e. The lowest BCUT2D eigenvalue weighted by atomic mass is 9.83. The smallest absolute Gasteiger partial charge is 0.206 e. The lowest BCUT2D eigenvalue weighted by Crippen LogP contribution is -2.06. The van der Waals surface area contributed by atoms with E-state index in [1.165, 1.54) is 29.3 Å². The summed E-state index contributed by atoms with van der Waals surface area (Å²) in [4.78, 5) is 0. The van der Waals surface area contributed by atoms with Gasteiger partial charge in [-0.1, -0.05) is 37.3 Å². The number of halogens is 4. The molecule has 1 aliphatic rings. The van der Waals surface area contributed by atoms with Crippen molar-refractivity contribution in [3.8, 4) is 22.3 Å². The van der Waals surface area contributed by atoms with Gasteiger partial charge in [0.2, 0.25) is 0 Å². The van der Waals surface area contributed by atoms with Gasteiger partial charge in [-0.25, -0.2) is 4.39 Å². The molecule has 1 aliphatic carbocycles. The quantitative estimate of drug-likeness (QED) is 0.433. The molecule has 0 saturated heterocycles.